The molecule has 1 fully saturated rings. The Kier molecular flexibility index (Phi) is 4.81. The average molecular weight is 266 g/mol. The number of hydrogen-bond donors (Lipinski definition) is 1. The van der Waals surface area contributed by atoms with E-state index < -0.39 is 0 Å². The van der Waals surface area contributed by atoms with Gasteiger partial charge in [0.25, 0.3) is 0 Å². The third kappa shape index (κ3) is 3.87. The smallest absolute Gasteiger partial charge is 0.216 e. The summed E-state index contributed by atoms with van der Waals surface area (Å²) in [5, 5.41) is 3.69. The number of rotatable bonds is 5. The van der Waals surface area contributed by atoms with E-state index in [0.717, 1.165) is 29.7 Å². The van der Waals surface area contributed by atoms with E-state index in [-0.39, 0.29) is 5.91 Å². The number of anilines is 1. The van der Waals surface area contributed by atoms with Crippen LogP contribution in [0.1, 0.15) is 19.8 Å². The molecule has 1 saturated heterocycles. The second-order valence-corrected chi connectivity index (χ2v) is 5.36. The van der Waals surface area contributed by atoms with Crippen molar-refractivity contribution in [2.75, 3.05) is 30.3 Å². The van der Waals surface area contributed by atoms with Gasteiger partial charge in [0.05, 0.1) is 12.4 Å². The highest BCUT2D eigenvalue weighted by Gasteiger charge is 2.14. The molecule has 0 unspecified atom stereocenters. The van der Waals surface area contributed by atoms with Crippen LogP contribution in [0, 0.1) is 0 Å². The number of thioether (sulfide) groups is 1. The molecule has 0 spiro atoms. The van der Waals surface area contributed by atoms with Gasteiger partial charge in [0.15, 0.2) is 0 Å². The van der Waals surface area contributed by atoms with Crippen molar-refractivity contribution in [3.63, 3.8) is 0 Å². The van der Waals surface area contributed by atoms with Crippen LogP contribution in [0.15, 0.2) is 17.4 Å². The molecule has 18 heavy (non-hydrogen) atoms. The number of nitrogens with one attached hydrogen (secondary N) is 1. The highest BCUT2D eigenvalue weighted by molar-refractivity contribution is 7.99. The van der Waals surface area contributed by atoms with Crippen molar-refractivity contribution < 1.29 is 4.79 Å². The van der Waals surface area contributed by atoms with E-state index in [1.54, 1.807) is 18.0 Å². The SMILES string of the molecule is CC(=O)NCCSc1cncc(N2CCCC2)n1. The first-order valence-corrected chi connectivity index (χ1v) is 7.18. The fourth-order valence-corrected chi connectivity index (χ4v) is 2.60. The Morgan fingerprint density at radius 3 is 2.94 bits per heavy atom. The Hall–Kier alpha value is -1.30. The van der Waals surface area contributed by atoms with Gasteiger partial charge in [0.2, 0.25) is 5.91 Å². The first-order valence-electron chi connectivity index (χ1n) is 6.20. The Labute approximate surface area is 111 Å². The fourth-order valence-electron chi connectivity index (χ4n) is 1.89. The summed E-state index contributed by atoms with van der Waals surface area (Å²) in [5.41, 5.74) is 0. The van der Waals surface area contributed by atoms with Crippen LogP contribution >= 0.6 is 11.8 Å². The maximum absolute atomic E-state index is 10.7. The van der Waals surface area contributed by atoms with Gasteiger partial charge in [-0.15, -0.1) is 11.8 Å². The zero-order valence-electron chi connectivity index (χ0n) is 10.6. The zero-order chi connectivity index (χ0) is 12.8. The number of carbonyl (C=O) groups excluding carboxylic acids is 1. The maximum atomic E-state index is 10.7. The van der Waals surface area contributed by atoms with Gasteiger partial charge in [-0.2, -0.15) is 0 Å². The van der Waals surface area contributed by atoms with Crippen LogP contribution in [0.5, 0.6) is 0 Å². The van der Waals surface area contributed by atoms with Crippen LogP contribution in [0.4, 0.5) is 5.82 Å². The van der Waals surface area contributed by atoms with Crippen LogP contribution in [0.3, 0.4) is 0 Å². The van der Waals surface area contributed by atoms with Crippen molar-refractivity contribution in [1.29, 1.82) is 0 Å². The van der Waals surface area contributed by atoms with Gasteiger partial charge < -0.3 is 10.2 Å². The molecule has 1 amide bonds. The first-order chi connectivity index (χ1) is 8.75. The highest BCUT2D eigenvalue weighted by Crippen LogP contribution is 2.20. The molecule has 0 saturated carbocycles. The molecular formula is C12H18N4OS. The second-order valence-electron chi connectivity index (χ2n) is 4.24. The van der Waals surface area contributed by atoms with E-state index in [9.17, 15) is 4.79 Å². The first kappa shape index (κ1) is 13.1. The summed E-state index contributed by atoms with van der Waals surface area (Å²) in [6.07, 6.45) is 6.07. The summed E-state index contributed by atoms with van der Waals surface area (Å²) in [4.78, 5) is 21.8. The predicted molar refractivity (Wildman–Crippen MR) is 72.9 cm³/mol. The number of nitrogens with zero attached hydrogens (tertiary/aromatic N) is 3. The van der Waals surface area contributed by atoms with Gasteiger partial charge in [-0.3, -0.25) is 9.78 Å². The summed E-state index contributed by atoms with van der Waals surface area (Å²) in [6.45, 7) is 4.34. The molecule has 2 rings (SSSR count). The number of aromatic nitrogens is 2. The fraction of sp³-hybridized carbons (Fsp3) is 0.583. The van der Waals surface area contributed by atoms with Crippen molar-refractivity contribution in [3.8, 4) is 0 Å². The largest absolute Gasteiger partial charge is 0.356 e. The van der Waals surface area contributed by atoms with E-state index in [0.29, 0.717) is 6.54 Å². The lowest BCUT2D eigenvalue weighted by Crippen LogP contribution is -2.22. The summed E-state index contributed by atoms with van der Waals surface area (Å²) in [7, 11) is 0. The molecule has 0 radical (unpaired) electrons. The molecule has 98 valence electrons. The predicted octanol–water partition coefficient (Wildman–Crippen LogP) is 1.30. The quantitative estimate of drug-likeness (QED) is 0.643. The molecule has 0 bridgehead atoms. The molecule has 1 aliphatic heterocycles. The van der Waals surface area contributed by atoms with Crippen LogP contribution in [0.2, 0.25) is 0 Å². The summed E-state index contributed by atoms with van der Waals surface area (Å²) < 4.78 is 0. The minimum absolute atomic E-state index is 0.00695. The number of carbonyl (C=O) groups is 1. The minimum atomic E-state index is 0.00695. The third-order valence-corrected chi connectivity index (χ3v) is 3.66. The summed E-state index contributed by atoms with van der Waals surface area (Å²) >= 11 is 1.62. The van der Waals surface area contributed by atoms with Crippen molar-refractivity contribution >= 4 is 23.5 Å². The van der Waals surface area contributed by atoms with E-state index in [1.165, 1.54) is 19.8 Å². The summed E-state index contributed by atoms with van der Waals surface area (Å²) in [5.74, 6) is 1.79. The van der Waals surface area contributed by atoms with Crippen molar-refractivity contribution in [2.45, 2.75) is 24.8 Å². The normalized spacial score (nSPS) is 14.8. The lowest BCUT2D eigenvalue weighted by molar-refractivity contribution is -0.118. The van der Waals surface area contributed by atoms with E-state index in [4.69, 9.17) is 0 Å². The van der Waals surface area contributed by atoms with Gasteiger partial charge in [-0.25, -0.2) is 4.98 Å². The number of hydrogen-bond acceptors (Lipinski definition) is 5. The molecule has 1 aliphatic rings. The molecule has 1 aromatic rings. The van der Waals surface area contributed by atoms with Crippen LogP contribution in [-0.4, -0.2) is 41.3 Å². The highest BCUT2D eigenvalue weighted by atomic mass is 32.2. The van der Waals surface area contributed by atoms with E-state index in [2.05, 4.69) is 20.2 Å². The van der Waals surface area contributed by atoms with E-state index >= 15 is 0 Å². The lowest BCUT2D eigenvalue weighted by atomic mass is 10.4. The standard InChI is InChI=1S/C12H18N4OS/c1-10(17)14-4-7-18-12-9-13-8-11(15-12)16-5-2-3-6-16/h8-9H,2-7H2,1H3,(H,14,17). The maximum Gasteiger partial charge on any atom is 0.216 e. The van der Waals surface area contributed by atoms with Crippen LogP contribution in [-0.2, 0) is 4.79 Å². The van der Waals surface area contributed by atoms with Gasteiger partial charge in [-0.05, 0) is 12.8 Å². The molecule has 0 aliphatic carbocycles. The Bertz CT molecular complexity index is 407. The van der Waals surface area contributed by atoms with Crippen LogP contribution in [0.25, 0.3) is 0 Å². The average Bonchev–Trinajstić information content (AvgIpc) is 2.89. The monoisotopic (exact) mass is 266 g/mol. The number of amides is 1. The lowest BCUT2D eigenvalue weighted by Gasteiger charge is -2.16. The summed E-state index contributed by atoms with van der Waals surface area (Å²) in [6, 6.07) is 0. The third-order valence-electron chi connectivity index (χ3n) is 2.76. The molecule has 0 atom stereocenters. The molecule has 0 aromatic carbocycles. The van der Waals surface area contributed by atoms with Crippen molar-refractivity contribution in [1.82, 2.24) is 15.3 Å². The molecule has 1 N–H and O–H groups in total. The van der Waals surface area contributed by atoms with Crippen molar-refractivity contribution in [2.24, 2.45) is 0 Å². The van der Waals surface area contributed by atoms with Gasteiger partial charge in [0.1, 0.15) is 10.8 Å². The molecule has 5 nitrogen and oxygen atoms in total. The Morgan fingerprint density at radius 1 is 1.44 bits per heavy atom. The van der Waals surface area contributed by atoms with E-state index in [1.807, 2.05) is 6.20 Å². The molecule has 1 aromatic heterocycles. The van der Waals surface area contributed by atoms with Crippen LogP contribution < -0.4 is 10.2 Å². The van der Waals surface area contributed by atoms with Crippen molar-refractivity contribution in [3.05, 3.63) is 12.4 Å². The molecule has 6 heteroatoms. The molecule has 2 heterocycles. The van der Waals surface area contributed by atoms with Gasteiger partial charge in [0, 0.05) is 32.3 Å². The molecular weight excluding hydrogens is 248 g/mol. The van der Waals surface area contributed by atoms with Gasteiger partial charge in [-0.1, -0.05) is 0 Å². The van der Waals surface area contributed by atoms with Gasteiger partial charge >= 0.3 is 0 Å². The zero-order valence-corrected chi connectivity index (χ0v) is 11.4. The second kappa shape index (κ2) is 6.58. The Balaban J connectivity index is 1.85. The Morgan fingerprint density at radius 2 is 2.22 bits per heavy atom. The minimum Gasteiger partial charge on any atom is -0.356 e. The topological polar surface area (TPSA) is 58.1 Å².